The quantitative estimate of drug-likeness (QED) is 0.611. The molecule has 0 heterocycles. The van der Waals surface area contributed by atoms with Gasteiger partial charge in [-0.2, -0.15) is 0 Å². The lowest BCUT2D eigenvalue weighted by Gasteiger charge is -2.10. The minimum atomic E-state index is -2.65. The smallest absolute Gasteiger partial charge is 0.312 e. The molecule has 88 valence electrons. The van der Waals surface area contributed by atoms with E-state index in [1.807, 2.05) is 0 Å². The highest BCUT2D eigenvalue weighted by atomic mass is 35.9. The molecule has 0 aromatic carbocycles. The SMILES string of the molecule is CC(C)NC(C)C.Cl[SiH](Cl)[Si](Cl)(Cl)Cl. The number of hydrogen-bond acceptors (Lipinski definition) is 1. The van der Waals surface area contributed by atoms with E-state index in [-0.39, 0.29) is 0 Å². The van der Waals surface area contributed by atoms with Crippen LogP contribution in [0, 0.1) is 0 Å². The molecule has 0 aliphatic heterocycles. The second-order valence-corrected chi connectivity index (χ2v) is 25.2. The van der Waals surface area contributed by atoms with E-state index in [4.69, 9.17) is 55.4 Å². The van der Waals surface area contributed by atoms with Crippen molar-refractivity contribution >= 4 is 67.8 Å². The number of rotatable bonds is 3. The summed E-state index contributed by atoms with van der Waals surface area (Å²) in [5, 5.41) is 3.31. The maximum absolute atomic E-state index is 5.34. The Morgan fingerprint density at radius 1 is 0.929 bits per heavy atom. The minimum absolute atomic E-state index is 0.625. The third kappa shape index (κ3) is 16.3. The van der Waals surface area contributed by atoms with Crippen molar-refractivity contribution in [3.8, 4) is 0 Å². The molecular formula is C6H16Cl5NSi2. The molecule has 14 heavy (non-hydrogen) atoms. The zero-order chi connectivity index (χ0) is 11.9. The Morgan fingerprint density at radius 2 is 1.14 bits per heavy atom. The van der Waals surface area contributed by atoms with Gasteiger partial charge >= 0.3 is 5.52 Å². The van der Waals surface area contributed by atoms with E-state index < -0.39 is 12.5 Å². The van der Waals surface area contributed by atoms with Gasteiger partial charge in [-0.1, -0.05) is 27.7 Å². The molecule has 0 aliphatic rings. The van der Waals surface area contributed by atoms with Crippen molar-refractivity contribution in [1.29, 1.82) is 0 Å². The highest BCUT2D eigenvalue weighted by Gasteiger charge is 2.35. The lowest BCUT2D eigenvalue weighted by atomic mass is 10.3. The van der Waals surface area contributed by atoms with E-state index in [1.54, 1.807) is 0 Å². The van der Waals surface area contributed by atoms with Crippen LogP contribution in [0.4, 0.5) is 0 Å². The first-order chi connectivity index (χ1) is 6.07. The van der Waals surface area contributed by atoms with Gasteiger partial charge in [0.05, 0.1) is 0 Å². The Labute approximate surface area is 112 Å². The standard InChI is InChI=1S/C6H15N.Cl5HSi2/c1-5(2)7-6(3)4;1-6(2)7(3,4)5/h5-7H,1-4H3;6H. The van der Waals surface area contributed by atoms with Gasteiger partial charge in [0.15, 0.2) is 0 Å². The first-order valence-electron chi connectivity index (χ1n) is 4.18. The topological polar surface area (TPSA) is 12.0 Å². The third-order valence-electron chi connectivity index (χ3n) is 0.914. The Bertz CT molecular complexity index is 131. The third-order valence-corrected chi connectivity index (χ3v) is 20.7. The van der Waals surface area contributed by atoms with Crippen molar-refractivity contribution < 1.29 is 0 Å². The van der Waals surface area contributed by atoms with Crippen LogP contribution in [0.2, 0.25) is 0 Å². The fourth-order valence-electron chi connectivity index (χ4n) is 0.667. The van der Waals surface area contributed by atoms with Gasteiger partial charge in [-0.25, -0.2) is 0 Å². The second-order valence-electron chi connectivity index (χ2n) is 3.32. The molecule has 8 heteroatoms. The van der Waals surface area contributed by atoms with Crippen LogP contribution in [0.3, 0.4) is 0 Å². The molecule has 0 amide bonds. The van der Waals surface area contributed by atoms with E-state index in [2.05, 4.69) is 33.0 Å². The molecule has 0 spiro atoms. The normalized spacial score (nSPS) is 12.0. The fraction of sp³-hybridized carbons (Fsp3) is 1.00. The van der Waals surface area contributed by atoms with E-state index in [0.29, 0.717) is 12.1 Å². The monoisotopic (exact) mass is 333 g/mol. The van der Waals surface area contributed by atoms with Crippen LogP contribution in [0.25, 0.3) is 0 Å². The van der Waals surface area contributed by atoms with Gasteiger partial charge in [0.1, 0.15) is 0 Å². The van der Waals surface area contributed by atoms with Gasteiger partial charge in [-0.05, 0) is 0 Å². The molecule has 0 aromatic heterocycles. The summed E-state index contributed by atoms with van der Waals surface area (Å²) in [4.78, 5) is 0. The lowest BCUT2D eigenvalue weighted by molar-refractivity contribution is 0.518. The summed E-state index contributed by atoms with van der Waals surface area (Å²) in [6.45, 7) is 6.63. The molecule has 0 fully saturated rings. The molecule has 0 aromatic rings. The zero-order valence-corrected chi connectivity index (χ0v) is 14.6. The van der Waals surface area contributed by atoms with Gasteiger partial charge < -0.3 is 5.32 Å². The predicted molar refractivity (Wildman–Crippen MR) is 75.6 cm³/mol. The Balaban J connectivity index is 0. The maximum atomic E-state index is 5.34. The molecule has 0 bridgehead atoms. The largest absolute Gasteiger partial charge is 0.355 e. The van der Waals surface area contributed by atoms with E-state index in [9.17, 15) is 0 Å². The summed E-state index contributed by atoms with van der Waals surface area (Å²) in [7, 11) is 0. The number of hydrogen-bond donors (Lipinski definition) is 1. The molecule has 0 rings (SSSR count). The van der Waals surface area contributed by atoms with Gasteiger partial charge in [0.2, 0.25) is 0 Å². The molecule has 0 saturated heterocycles. The minimum Gasteiger partial charge on any atom is -0.312 e. The Hall–Kier alpha value is 1.84. The van der Waals surface area contributed by atoms with Crippen LogP contribution in [-0.2, 0) is 0 Å². The van der Waals surface area contributed by atoms with E-state index in [0.717, 1.165) is 0 Å². The van der Waals surface area contributed by atoms with Crippen molar-refractivity contribution in [2.45, 2.75) is 39.8 Å². The number of halogens is 5. The maximum Gasteiger partial charge on any atom is 0.355 e. The van der Waals surface area contributed by atoms with Crippen LogP contribution in [0.15, 0.2) is 0 Å². The first kappa shape index (κ1) is 18.2. The van der Waals surface area contributed by atoms with Gasteiger partial charge in [-0.15, -0.1) is 55.4 Å². The first-order valence-corrected chi connectivity index (χ1v) is 14.5. The van der Waals surface area contributed by atoms with Gasteiger partial charge in [0, 0.05) is 12.1 Å². The second kappa shape index (κ2) is 8.93. The molecule has 0 radical (unpaired) electrons. The van der Waals surface area contributed by atoms with Crippen LogP contribution >= 0.6 is 55.4 Å². The molecule has 0 saturated carbocycles. The van der Waals surface area contributed by atoms with Crippen molar-refractivity contribution in [2.75, 3.05) is 0 Å². The van der Waals surface area contributed by atoms with Crippen LogP contribution in [-0.4, -0.2) is 24.5 Å². The Morgan fingerprint density at radius 3 is 1.14 bits per heavy atom. The van der Waals surface area contributed by atoms with Crippen molar-refractivity contribution in [3.05, 3.63) is 0 Å². The lowest BCUT2D eigenvalue weighted by Crippen LogP contribution is -2.29. The van der Waals surface area contributed by atoms with Crippen LogP contribution in [0.1, 0.15) is 27.7 Å². The summed E-state index contributed by atoms with van der Waals surface area (Å²) in [5.74, 6) is 0. The van der Waals surface area contributed by atoms with Crippen molar-refractivity contribution in [1.82, 2.24) is 5.32 Å². The average Bonchev–Trinajstić information content (AvgIpc) is 1.81. The summed E-state index contributed by atoms with van der Waals surface area (Å²) in [6, 6.07) is 1.25. The predicted octanol–water partition coefficient (Wildman–Crippen LogP) is 3.81. The molecule has 1 N–H and O–H groups in total. The van der Waals surface area contributed by atoms with Gasteiger partial charge in [0.25, 0.3) is 6.93 Å². The molecule has 0 atom stereocenters. The molecule has 0 aliphatic carbocycles. The van der Waals surface area contributed by atoms with Crippen molar-refractivity contribution in [2.24, 2.45) is 0 Å². The van der Waals surface area contributed by atoms with E-state index >= 15 is 0 Å². The highest BCUT2D eigenvalue weighted by Crippen LogP contribution is 2.26. The Kier molecular flexibility index (Phi) is 11.6. The summed E-state index contributed by atoms with van der Waals surface area (Å²) in [6.07, 6.45) is 0. The fourth-order valence-corrected chi connectivity index (χ4v) is 0.667. The highest BCUT2D eigenvalue weighted by molar-refractivity contribution is 7.97. The van der Waals surface area contributed by atoms with Crippen molar-refractivity contribution in [3.63, 3.8) is 0 Å². The van der Waals surface area contributed by atoms with Gasteiger partial charge in [-0.3, -0.25) is 0 Å². The molecule has 1 nitrogen and oxygen atoms in total. The average molecular weight is 336 g/mol. The summed E-state index contributed by atoms with van der Waals surface area (Å²) < 4.78 is 0. The summed E-state index contributed by atoms with van der Waals surface area (Å²) >= 11 is 26.7. The van der Waals surface area contributed by atoms with Crippen LogP contribution in [0.5, 0.6) is 0 Å². The molecule has 0 unspecified atom stereocenters. The summed E-state index contributed by atoms with van der Waals surface area (Å²) in [5.41, 5.74) is -2.65. The number of nitrogens with one attached hydrogen (secondary N) is 1. The zero-order valence-electron chi connectivity index (χ0n) is 8.62. The van der Waals surface area contributed by atoms with E-state index in [1.165, 1.54) is 0 Å². The molecular weight excluding hydrogens is 320 g/mol. The van der Waals surface area contributed by atoms with Crippen LogP contribution < -0.4 is 5.32 Å².